The van der Waals surface area contributed by atoms with Gasteiger partial charge in [0.15, 0.2) is 11.4 Å². The molecule has 2 aromatic rings. The largest absolute Gasteiger partial charge is 0.435 e. The number of piperazine rings is 1. The van der Waals surface area contributed by atoms with Crippen molar-refractivity contribution in [2.24, 2.45) is 0 Å². The summed E-state index contributed by atoms with van der Waals surface area (Å²) in [4.78, 5) is 14.0. The van der Waals surface area contributed by atoms with Crippen LogP contribution in [0.1, 0.15) is 30.0 Å². The van der Waals surface area contributed by atoms with Gasteiger partial charge in [-0.1, -0.05) is 11.3 Å². The van der Waals surface area contributed by atoms with Crippen LogP contribution >= 0.6 is 0 Å². The predicted octanol–water partition coefficient (Wildman–Crippen LogP) is 2.25. The first kappa shape index (κ1) is 18.3. The van der Waals surface area contributed by atoms with Gasteiger partial charge in [0, 0.05) is 25.2 Å². The van der Waals surface area contributed by atoms with E-state index in [1.807, 2.05) is 13.8 Å². The molecule has 140 valence electrons. The van der Waals surface area contributed by atoms with Gasteiger partial charge < -0.3 is 10.2 Å². The highest BCUT2D eigenvalue weighted by Crippen LogP contribution is 2.33. The fourth-order valence-corrected chi connectivity index (χ4v) is 3.11. The number of alkyl halides is 3. The number of aromatic nitrogens is 3. The number of amides is 1. The third-order valence-corrected chi connectivity index (χ3v) is 4.04. The van der Waals surface area contributed by atoms with Crippen molar-refractivity contribution >= 4 is 5.91 Å². The number of carbonyl (C=O) groups is 1. The van der Waals surface area contributed by atoms with Crippen molar-refractivity contribution in [3.05, 3.63) is 41.5 Å². The third-order valence-electron chi connectivity index (χ3n) is 4.04. The van der Waals surface area contributed by atoms with E-state index in [2.05, 4.69) is 15.6 Å². The van der Waals surface area contributed by atoms with E-state index in [0.717, 1.165) is 12.1 Å². The van der Waals surface area contributed by atoms with E-state index in [1.54, 1.807) is 0 Å². The Balaban J connectivity index is 2.04. The van der Waals surface area contributed by atoms with E-state index in [0.29, 0.717) is 4.68 Å². The average Bonchev–Trinajstić information content (AvgIpc) is 2.98. The van der Waals surface area contributed by atoms with E-state index >= 15 is 0 Å². The van der Waals surface area contributed by atoms with Crippen molar-refractivity contribution in [2.75, 3.05) is 13.1 Å². The Morgan fingerprint density at radius 1 is 1.23 bits per heavy atom. The van der Waals surface area contributed by atoms with Crippen molar-refractivity contribution in [3.8, 4) is 5.69 Å². The number of rotatable bonds is 2. The van der Waals surface area contributed by atoms with Crippen molar-refractivity contribution in [1.29, 1.82) is 0 Å². The maximum absolute atomic E-state index is 13.6. The van der Waals surface area contributed by atoms with E-state index < -0.39 is 29.3 Å². The molecule has 3 rings (SSSR count). The number of halogens is 4. The van der Waals surface area contributed by atoms with Crippen LogP contribution in [0.25, 0.3) is 5.69 Å². The van der Waals surface area contributed by atoms with E-state index in [1.165, 1.54) is 17.0 Å². The molecule has 0 spiro atoms. The Hall–Kier alpha value is -2.49. The molecule has 1 saturated heterocycles. The molecule has 26 heavy (non-hydrogen) atoms. The van der Waals surface area contributed by atoms with Gasteiger partial charge in [-0.3, -0.25) is 4.79 Å². The molecular formula is C16H17F4N5O. The zero-order valence-electron chi connectivity index (χ0n) is 14.1. The Kier molecular flexibility index (Phi) is 4.70. The highest BCUT2D eigenvalue weighted by molar-refractivity contribution is 5.93. The lowest BCUT2D eigenvalue weighted by Gasteiger charge is -2.35. The van der Waals surface area contributed by atoms with Crippen LogP contribution in [0, 0.1) is 5.82 Å². The van der Waals surface area contributed by atoms with Crippen LogP contribution < -0.4 is 5.32 Å². The molecule has 1 aliphatic heterocycles. The number of hydrogen-bond donors (Lipinski definition) is 1. The number of nitrogens with one attached hydrogen (secondary N) is 1. The van der Waals surface area contributed by atoms with Crippen LogP contribution in [-0.2, 0) is 6.18 Å². The fraction of sp³-hybridized carbons (Fsp3) is 0.438. The van der Waals surface area contributed by atoms with E-state index in [4.69, 9.17) is 0 Å². The third kappa shape index (κ3) is 3.55. The van der Waals surface area contributed by atoms with Crippen LogP contribution in [0.2, 0.25) is 0 Å². The molecule has 1 fully saturated rings. The minimum Gasteiger partial charge on any atom is -0.334 e. The summed E-state index contributed by atoms with van der Waals surface area (Å²) in [6.45, 7) is 4.19. The Labute approximate surface area is 146 Å². The van der Waals surface area contributed by atoms with Crippen LogP contribution in [0.5, 0.6) is 0 Å². The Morgan fingerprint density at radius 2 is 1.88 bits per heavy atom. The minimum absolute atomic E-state index is 0.0599. The molecule has 10 heteroatoms. The van der Waals surface area contributed by atoms with Gasteiger partial charge in [0.1, 0.15) is 5.82 Å². The van der Waals surface area contributed by atoms with Gasteiger partial charge in [0.2, 0.25) is 0 Å². The lowest BCUT2D eigenvalue weighted by molar-refractivity contribution is -0.143. The molecule has 1 aromatic heterocycles. The maximum atomic E-state index is 13.6. The first-order chi connectivity index (χ1) is 12.2. The SMILES string of the molecule is C[C@H]1CN(C(=O)c2nnn(-c3cccc(F)c3)c2C(F)(F)F)C[C@H](C)N1. The van der Waals surface area contributed by atoms with E-state index in [-0.39, 0.29) is 30.9 Å². The monoisotopic (exact) mass is 371 g/mol. The van der Waals surface area contributed by atoms with Gasteiger partial charge >= 0.3 is 6.18 Å². The summed E-state index contributed by atoms with van der Waals surface area (Å²) < 4.78 is 54.7. The molecular weight excluding hydrogens is 354 g/mol. The first-order valence-corrected chi connectivity index (χ1v) is 8.01. The second-order valence-electron chi connectivity index (χ2n) is 6.35. The second kappa shape index (κ2) is 6.67. The average molecular weight is 371 g/mol. The molecule has 0 bridgehead atoms. The fourth-order valence-electron chi connectivity index (χ4n) is 3.11. The van der Waals surface area contributed by atoms with Crippen molar-refractivity contribution in [1.82, 2.24) is 25.2 Å². The van der Waals surface area contributed by atoms with Crippen LogP contribution in [0.3, 0.4) is 0 Å². The van der Waals surface area contributed by atoms with Gasteiger partial charge in [0.25, 0.3) is 5.91 Å². The van der Waals surface area contributed by atoms with Crippen molar-refractivity contribution < 1.29 is 22.4 Å². The zero-order valence-corrected chi connectivity index (χ0v) is 14.1. The number of carbonyl (C=O) groups excluding carboxylic acids is 1. The lowest BCUT2D eigenvalue weighted by Crippen LogP contribution is -2.56. The molecule has 0 aliphatic carbocycles. The van der Waals surface area contributed by atoms with E-state index in [9.17, 15) is 22.4 Å². The standard InChI is InChI=1S/C16H17F4N5O/c1-9-7-24(8-10(2)21-9)15(26)13-14(16(18,19)20)25(23-22-13)12-5-3-4-11(17)6-12/h3-6,9-10,21H,7-8H2,1-2H3/t9-,10-/m0/s1. The van der Waals surface area contributed by atoms with Gasteiger partial charge in [-0.15, -0.1) is 5.10 Å². The smallest absolute Gasteiger partial charge is 0.334 e. The normalized spacial score (nSPS) is 21.1. The molecule has 1 aromatic carbocycles. The molecule has 0 radical (unpaired) electrons. The number of nitrogens with zero attached hydrogens (tertiary/aromatic N) is 4. The number of hydrogen-bond acceptors (Lipinski definition) is 4. The molecule has 2 atom stereocenters. The summed E-state index contributed by atoms with van der Waals surface area (Å²) in [5.41, 5.74) is -2.26. The quantitative estimate of drug-likeness (QED) is 0.823. The molecule has 2 heterocycles. The number of benzene rings is 1. The summed E-state index contributed by atoms with van der Waals surface area (Å²) in [5, 5.41) is 10.1. The molecule has 1 N–H and O–H groups in total. The highest BCUT2D eigenvalue weighted by atomic mass is 19.4. The van der Waals surface area contributed by atoms with Crippen molar-refractivity contribution in [2.45, 2.75) is 32.1 Å². The Morgan fingerprint density at radius 3 is 2.46 bits per heavy atom. The molecule has 6 nitrogen and oxygen atoms in total. The summed E-state index contributed by atoms with van der Waals surface area (Å²) in [6, 6.07) is 4.39. The van der Waals surface area contributed by atoms with Gasteiger partial charge in [-0.2, -0.15) is 13.2 Å². The predicted molar refractivity (Wildman–Crippen MR) is 84.3 cm³/mol. The maximum Gasteiger partial charge on any atom is 0.435 e. The second-order valence-corrected chi connectivity index (χ2v) is 6.35. The molecule has 0 saturated carbocycles. The highest BCUT2D eigenvalue weighted by Gasteiger charge is 2.43. The van der Waals surface area contributed by atoms with Crippen LogP contribution in [-0.4, -0.2) is 51.0 Å². The van der Waals surface area contributed by atoms with Crippen LogP contribution in [0.4, 0.5) is 17.6 Å². The van der Waals surface area contributed by atoms with Crippen molar-refractivity contribution in [3.63, 3.8) is 0 Å². The lowest BCUT2D eigenvalue weighted by atomic mass is 10.1. The van der Waals surface area contributed by atoms with Crippen LogP contribution in [0.15, 0.2) is 24.3 Å². The topological polar surface area (TPSA) is 63.1 Å². The first-order valence-electron chi connectivity index (χ1n) is 8.01. The summed E-state index contributed by atoms with van der Waals surface area (Å²) in [6.07, 6.45) is -4.88. The zero-order chi connectivity index (χ0) is 19.1. The molecule has 1 aliphatic rings. The summed E-state index contributed by atoms with van der Waals surface area (Å²) in [5.74, 6) is -1.57. The van der Waals surface area contributed by atoms with Gasteiger partial charge in [-0.25, -0.2) is 9.07 Å². The van der Waals surface area contributed by atoms with Gasteiger partial charge in [-0.05, 0) is 32.0 Å². The summed E-state index contributed by atoms with van der Waals surface area (Å²) in [7, 11) is 0. The Bertz CT molecular complexity index is 809. The summed E-state index contributed by atoms with van der Waals surface area (Å²) >= 11 is 0. The molecule has 1 amide bonds. The van der Waals surface area contributed by atoms with Gasteiger partial charge in [0.05, 0.1) is 5.69 Å². The minimum atomic E-state index is -4.88. The molecule has 0 unspecified atom stereocenters.